The van der Waals surface area contributed by atoms with Gasteiger partial charge >= 0.3 is 0 Å². The molecule has 0 spiro atoms. The molecule has 144 valence electrons. The summed E-state index contributed by atoms with van der Waals surface area (Å²) < 4.78 is 0. The standard InChI is InChI=1S/C21H21N3O3S/c1-15-7-8-16(2)19(13-15)22-21-23(11-4-12-28-21)20(25)10-9-17-5-3-6-18(14-17)24(26)27/h3,5-10,13-14H,4,11-12H2,1-2H3/b10-9+,22-21?. The van der Waals surface area contributed by atoms with E-state index in [1.807, 2.05) is 32.0 Å². The monoisotopic (exact) mass is 395 g/mol. The molecule has 0 aromatic heterocycles. The Morgan fingerprint density at radius 2 is 2.07 bits per heavy atom. The highest BCUT2D eigenvalue weighted by Gasteiger charge is 2.22. The fourth-order valence-electron chi connectivity index (χ4n) is 2.80. The Labute approximate surface area is 168 Å². The molecule has 28 heavy (non-hydrogen) atoms. The fourth-order valence-corrected chi connectivity index (χ4v) is 3.76. The van der Waals surface area contributed by atoms with Crippen LogP contribution in [-0.2, 0) is 4.79 Å². The normalized spacial score (nSPS) is 15.9. The molecule has 1 saturated heterocycles. The third-order valence-electron chi connectivity index (χ3n) is 4.33. The Balaban J connectivity index is 1.82. The van der Waals surface area contributed by atoms with Crippen LogP contribution in [-0.4, -0.2) is 33.2 Å². The molecule has 1 amide bonds. The highest BCUT2D eigenvalue weighted by molar-refractivity contribution is 8.13. The zero-order valence-corrected chi connectivity index (χ0v) is 16.6. The molecule has 2 aromatic carbocycles. The molecule has 7 heteroatoms. The van der Waals surface area contributed by atoms with E-state index in [1.54, 1.807) is 34.9 Å². The minimum absolute atomic E-state index is 0.000279. The SMILES string of the molecule is Cc1ccc(C)c(N=C2SCCCN2C(=O)/C=C/c2cccc([N+](=O)[O-])c2)c1. The molecule has 0 bridgehead atoms. The average Bonchev–Trinajstić information content (AvgIpc) is 2.69. The van der Waals surface area contributed by atoms with E-state index >= 15 is 0 Å². The van der Waals surface area contributed by atoms with Crippen LogP contribution in [0.3, 0.4) is 0 Å². The fraction of sp³-hybridized carbons (Fsp3) is 0.238. The van der Waals surface area contributed by atoms with Gasteiger partial charge in [0.2, 0.25) is 0 Å². The van der Waals surface area contributed by atoms with Gasteiger partial charge in [-0.3, -0.25) is 19.8 Å². The molecular formula is C21H21N3O3S. The largest absolute Gasteiger partial charge is 0.288 e. The first-order chi connectivity index (χ1) is 13.4. The lowest BCUT2D eigenvalue weighted by atomic mass is 10.1. The maximum absolute atomic E-state index is 12.8. The van der Waals surface area contributed by atoms with Crippen molar-refractivity contribution >= 4 is 40.3 Å². The first-order valence-electron chi connectivity index (χ1n) is 8.97. The molecule has 1 aliphatic heterocycles. The summed E-state index contributed by atoms with van der Waals surface area (Å²) in [4.78, 5) is 29.6. The summed E-state index contributed by atoms with van der Waals surface area (Å²) in [5, 5.41) is 11.6. The van der Waals surface area contributed by atoms with Crippen LogP contribution in [0.5, 0.6) is 0 Å². The number of amides is 1. The van der Waals surface area contributed by atoms with Crippen molar-refractivity contribution in [2.75, 3.05) is 12.3 Å². The van der Waals surface area contributed by atoms with Crippen LogP contribution in [0.2, 0.25) is 0 Å². The van der Waals surface area contributed by atoms with Crippen molar-refractivity contribution in [2.45, 2.75) is 20.3 Å². The molecule has 0 radical (unpaired) electrons. The van der Waals surface area contributed by atoms with Crippen LogP contribution in [0.25, 0.3) is 6.08 Å². The van der Waals surface area contributed by atoms with Crippen LogP contribution < -0.4 is 0 Å². The second-order valence-corrected chi connectivity index (χ2v) is 7.62. The lowest BCUT2D eigenvalue weighted by Crippen LogP contribution is -2.38. The summed E-state index contributed by atoms with van der Waals surface area (Å²) in [6.07, 6.45) is 3.95. The van der Waals surface area contributed by atoms with Crippen LogP contribution in [0.4, 0.5) is 11.4 Å². The van der Waals surface area contributed by atoms with Gasteiger partial charge < -0.3 is 0 Å². The highest BCUT2D eigenvalue weighted by atomic mass is 32.2. The number of non-ortho nitro benzene ring substituents is 1. The van der Waals surface area contributed by atoms with Crippen molar-refractivity contribution in [1.82, 2.24) is 4.90 Å². The van der Waals surface area contributed by atoms with Crippen LogP contribution in [0.15, 0.2) is 53.5 Å². The lowest BCUT2D eigenvalue weighted by molar-refractivity contribution is -0.384. The van der Waals surface area contributed by atoms with Crippen molar-refractivity contribution in [3.63, 3.8) is 0 Å². The highest BCUT2D eigenvalue weighted by Crippen LogP contribution is 2.26. The maximum Gasteiger partial charge on any atom is 0.270 e. The number of carbonyl (C=O) groups excluding carboxylic acids is 1. The number of nitro groups is 1. The summed E-state index contributed by atoms with van der Waals surface area (Å²) in [5.41, 5.74) is 3.66. The Kier molecular flexibility index (Phi) is 6.26. The second kappa shape index (κ2) is 8.84. The number of thioether (sulfide) groups is 1. The summed E-state index contributed by atoms with van der Waals surface area (Å²) in [7, 11) is 0. The number of carbonyl (C=O) groups is 1. The predicted molar refractivity (Wildman–Crippen MR) is 114 cm³/mol. The number of amidine groups is 1. The second-order valence-electron chi connectivity index (χ2n) is 6.56. The third kappa shape index (κ3) is 4.86. The Hall–Kier alpha value is -2.93. The van der Waals surface area contributed by atoms with Gasteiger partial charge in [0.05, 0.1) is 10.6 Å². The van der Waals surface area contributed by atoms with E-state index < -0.39 is 4.92 Å². The Bertz CT molecular complexity index is 969. The first kappa shape index (κ1) is 19.8. The molecule has 1 aliphatic rings. The number of aryl methyl sites for hydroxylation is 2. The van der Waals surface area contributed by atoms with E-state index in [-0.39, 0.29) is 11.6 Å². The zero-order chi connectivity index (χ0) is 20.1. The summed E-state index contributed by atoms with van der Waals surface area (Å²) >= 11 is 1.57. The van der Waals surface area contributed by atoms with Crippen molar-refractivity contribution < 1.29 is 9.72 Å². The van der Waals surface area contributed by atoms with Gasteiger partial charge in [0.15, 0.2) is 5.17 Å². The van der Waals surface area contributed by atoms with Gasteiger partial charge in [0.25, 0.3) is 11.6 Å². The van der Waals surface area contributed by atoms with Crippen molar-refractivity contribution in [3.8, 4) is 0 Å². The molecule has 6 nitrogen and oxygen atoms in total. The molecule has 1 fully saturated rings. The number of nitro benzene ring substituents is 1. The number of rotatable bonds is 4. The minimum Gasteiger partial charge on any atom is -0.288 e. The van der Waals surface area contributed by atoms with E-state index in [1.165, 1.54) is 18.2 Å². The van der Waals surface area contributed by atoms with Crippen LogP contribution in [0.1, 0.15) is 23.1 Å². The molecule has 0 unspecified atom stereocenters. The van der Waals surface area contributed by atoms with Crippen LogP contribution >= 0.6 is 11.8 Å². The van der Waals surface area contributed by atoms with E-state index in [0.717, 1.165) is 29.0 Å². The summed E-state index contributed by atoms with van der Waals surface area (Å²) in [6.45, 7) is 4.62. The summed E-state index contributed by atoms with van der Waals surface area (Å²) in [5.74, 6) is 0.741. The maximum atomic E-state index is 12.8. The zero-order valence-electron chi connectivity index (χ0n) is 15.8. The molecular weight excluding hydrogens is 374 g/mol. The number of benzene rings is 2. The van der Waals surface area contributed by atoms with Gasteiger partial charge in [-0.05, 0) is 49.1 Å². The summed E-state index contributed by atoms with van der Waals surface area (Å²) in [6, 6.07) is 12.3. The van der Waals surface area contributed by atoms with Crippen molar-refractivity contribution in [2.24, 2.45) is 4.99 Å². The molecule has 3 rings (SSSR count). The molecule has 0 aliphatic carbocycles. The minimum atomic E-state index is -0.449. The molecule has 2 aromatic rings. The van der Waals surface area contributed by atoms with Gasteiger partial charge in [-0.15, -0.1) is 0 Å². The van der Waals surface area contributed by atoms with E-state index in [9.17, 15) is 14.9 Å². The molecule has 0 atom stereocenters. The first-order valence-corrected chi connectivity index (χ1v) is 9.95. The van der Waals surface area contributed by atoms with Gasteiger partial charge in [-0.25, -0.2) is 4.99 Å². The smallest absolute Gasteiger partial charge is 0.270 e. The van der Waals surface area contributed by atoms with Gasteiger partial charge in [0.1, 0.15) is 0 Å². The molecule has 0 saturated carbocycles. The number of nitrogens with zero attached hydrogens (tertiary/aromatic N) is 3. The van der Waals surface area contributed by atoms with E-state index in [2.05, 4.69) is 0 Å². The molecule has 0 N–H and O–H groups in total. The van der Waals surface area contributed by atoms with E-state index in [0.29, 0.717) is 17.3 Å². The van der Waals surface area contributed by atoms with Gasteiger partial charge in [-0.1, -0.05) is 36.0 Å². The van der Waals surface area contributed by atoms with E-state index in [4.69, 9.17) is 4.99 Å². The van der Waals surface area contributed by atoms with Crippen molar-refractivity contribution in [1.29, 1.82) is 0 Å². The van der Waals surface area contributed by atoms with Crippen LogP contribution in [0, 0.1) is 24.0 Å². The number of hydrogen-bond acceptors (Lipinski definition) is 5. The predicted octanol–water partition coefficient (Wildman–Crippen LogP) is 4.88. The Morgan fingerprint density at radius 1 is 1.25 bits per heavy atom. The Morgan fingerprint density at radius 3 is 2.86 bits per heavy atom. The van der Waals surface area contributed by atoms with Gasteiger partial charge in [-0.2, -0.15) is 0 Å². The molecule has 1 heterocycles. The third-order valence-corrected chi connectivity index (χ3v) is 5.40. The lowest BCUT2D eigenvalue weighted by Gasteiger charge is -2.27. The number of aliphatic imine (C=N–C) groups is 1. The average molecular weight is 395 g/mol. The number of hydrogen-bond donors (Lipinski definition) is 0. The topological polar surface area (TPSA) is 75.8 Å². The van der Waals surface area contributed by atoms with Crippen molar-refractivity contribution in [3.05, 3.63) is 75.3 Å². The quantitative estimate of drug-likeness (QED) is 0.420. The van der Waals surface area contributed by atoms with Gasteiger partial charge in [0, 0.05) is 30.5 Å².